The van der Waals surface area contributed by atoms with Gasteiger partial charge in [0, 0.05) is 24.6 Å². The van der Waals surface area contributed by atoms with E-state index < -0.39 is 0 Å². The highest BCUT2D eigenvalue weighted by atomic mass is 16.5. The minimum Gasteiger partial charge on any atom is -0.496 e. The van der Waals surface area contributed by atoms with Crippen LogP contribution >= 0.6 is 0 Å². The Hall–Kier alpha value is -3.14. The van der Waals surface area contributed by atoms with Crippen molar-refractivity contribution in [2.24, 2.45) is 5.92 Å². The lowest BCUT2D eigenvalue weighted by Gasteiger charge is -2.32. The Morgan fingerprint density at radius 3 is 2.54 bits per heavy atom. The molecule has 1 aliphatic heterocycles. The number of carbonyl (C=O) groups excluding carboxylic acids is 2. The molecule has 1 unspecified atom stereocenters. The zero-order valence-electron chi connectivity index (χ0n) is 15.9. The first-order valence-corrected chi connectivity index (χ1v) is 9.62. The first kappa shape index (κ1) is 18.2. The zero-order chi connectivity index (χ0) is 19.5. The third kappa shape index (κ3) is 3.50. The van der Waals surface area contributed by atoms with Crippen LogP contribution in [0.3, 0.4) is 0 Å². The molecule has 0 aromatic heterocycles. The van der Waals surface area contributed by atoms with Gasteiger partial charge < -0.3 is 9.64 Å². The molecule has 142 valence electrons. The fourth-order valence-electron chi connectivity index (χ4n) is 3.95. The average Bonchev–Trinajstić information content (AvgIpc) is 2.77. The lowest BCUT2D eigenvalue weighted by Crippen LogP contribution is -2.42. The number of Topliss-reactive ketones (excluding diaryl/α,β-unsaturated/α-hetero) is 1. The minimum absolute atomic E-state index is 0.0755. The van der Waals surface area contributed by atoms with Crippen LogP contribution in [0.5, 0.6) is 5.75 Å². The van der Waals surface area contributed by atoms with Gasteiger partial charge >= 0.3 is 0 Å². The maximum Gasteiger partial charge on any atom is 0.257 e. The number of benzene rings is 3. The summed E-state index contributed by atoms with van der Waals surface area (Å²) in [4.78, 5) is 27.9. The van der Waals surface area contributed by atoms with Crippen LogP contribution in [0.15, 0.2) is 66.7 Å². The predicted octanol–water partition coefficient (Wildman–Crippen LogP) is 4.58. The van der Waals surface area contributed by atoms with Gasteiger partial charge in [0.1, 0.15) is 5.75 Å². The van der Waals surface area contributed by atoms with Crippen LogP contribution in [0.4, 0.5) is 0 Å². The van der Waals surface area contributed by atoms with Gasteiger partial charge in [-0.2, -0.15) is 0 Å². The van der Waals surface area contributed by atoms with E-state index in [0.29, 0.717) is 24.4 Å². The molecular weight excluding hydrogens is 350 g/mol. The number of nitrogens with zero attached hydrogens (tertiary/aromatic N) is 1. The molecule has 28 heavy (non-hydrogen) atoms. The Morgan fingerprint density at radius 2 is 1.71 bits per heavy atom. The average molecular weight is 373 g/mol. The Labute approximate surface area is 164 Å². The first-order chi connectivity index (χ1) is 13.7. The van der Waals surface area contributed by atoms with Crippen molar-refractivity contribution in [1.82, 2.24) is 4.90 Å². The van der Waals surface area contributed by atoms with Crippen molar-refractivity contribution < 1.29 is 14.3 Å². The summed E-state index contributed by atoms with van der Waals surface area (Å²) < 4.78 is 5.33. The van der Waals surface area contributed by atoms with Crippen molar-refractivity contribution >= 4 is 22.5 Å². The Balaban J connectivity index is 1.54. The number of amides is 1. The van der Waals surface area contributed by atoms with E-state index in [1.807, 2.05) is 54.6 Å². The largest absolute Gasteiger partial charge is 0.496 e. The molecular formula is C24H23NO3. The van der Waals surface area contributed by atoms with E-state index in [1.54, 1.807) is 24.1 Å². The second-order valence-corrected chi connectivity index (χ2v) is 7.22. The van der Waals surface area contributed by atoms with E-state index >= 15 is 0 Å². The van der Waals surface area contributed by atoms with Crippen LogP contribution in [-0.2, 0) is 0 Å². The van der Waals surface area contributed by atoms with Gasteiger partial charge in [-0.25, -0.2) is 0 Å². The van der Waals surface area contributed by atoms with Gasteiger partial charge in [0.15, 0.2) is 5.78 Å². The van der Waals surface area contributed by atoms with E-state index in [1.165, 1.54) is 0 Å². The fraction of sp³-hybridized carbons (Fsp3) is 0.250. The number of rotatable bonds is 4. The first-order valence-electron chi connectivity index (χ1n) is 9.62. The molecule has 4 nitrogen and oxygen atoms in total. The third-order valence-electron chi connectivity index (χ3n) is 5.45. The smallest absolute Gasteiger partial charge is 0.257 e. The summed E-state index contributed by atoms with van der Waals surface area (Å²) in [7, 11) is 1.56. The number of ether oxygens (including phenoxy) is 1. The predicted molar refractivity (Wildman–Crippen MR) is 110 cm³/mol. The number of fused-ring (bicyclic) bond motifs is 1. The third-order valence-corrected chi connectivity index (χ3v) is 5.45. The maximum absolute atomic E-state index is 13.1. The van der Waals surface area contributed by atoms with Gasteiger partial charge in [0.05, 0.1) is 12.7 Å². The van der Waals surface area contributed by atoms with Crippen LogP contribution in [0.2, 0.25) is 0 Å². The Morgan fingerprint density at radius 1 is 0.964 bits per heavy atom. The number of hydrogen-bond donors (Lipinski definition) is 0. The molecule has 1 heterocycles. The van der Waals surface area contributed by atoms with Crippen molar-refractivity contribution in [3.05, 3.63) is 77.9 Å². The van der Waals surface area contributed by atoms with E-state index in [2.05, 4.69) is 0 Å². The van der Waals surface area contributed by atoms with Crippen LogP contribution in [-0.4, -0.2) is 36.8 Å². The zero-order valence-corrected chi connectivity index (χ0v) is 15.9. The number of carbonyl (C=O) groups is 2. The quantitative estimate of drug-likeness (QED) is 0.629. The van der Waals surface area contributed by atoms with Crippen LogP contribution in [0.25, 0.3) is 10.8 Å². The molecule has 1 amide bonds. The summed E-state index contributed by atoms with van der Waals surface area (Å²) in [5, 5.41) is 2.18. The SMILES string of the molecule is COc1ccccc1C(=O)N1CCCC(C(=O)c2ccc3ccccc3c2)C1. The monoisotopic (exact) mass is 373 g/mol. The highest BCUT2D eigenvalue weighted by molar-refractivity contribution is 6.02. The van der Waals surface area contributed by atoms with Crippen LogP contribution < -0.4 is 4.74 Å². The molecule has 3 aromatic carbocycles. The summed E-state index contributed by atoms with van der Waals surface area (Å²) in [5.41, 5.74) is 1.26. The lowest BCUT2D eigenvalue weighted by atomic mass is 9.89. The molecule has 4 heteroatoms. The molecule has 1 atom stereocenters. The molecule has 0 aliphatic carbocycles. The normalized spacial score (nSPS) is 16.8. The number of hydrogen-bond acceptors (Lipinski definition) is 3. The van der Waals surface area contributed by atoms with Crippen molar-refractivity contribution in [3.8, 4) is 5.75 Å². The van der Waals surface area contributed by atoms with Crippen molar-refractivity contribution in [2.45, 2.75) is 12.8 Å². The van der Waals surface area contributed by atoms with Crippen molar-refractivity contribution in [1.29, 1.82) is 0 Å². The standard InChI is InChI=1S/C24H23NO3/c1-28-22-11-5-4-10-21(22)24(27)25-14-6-9-20(16-25)23(26)19-13-12-17-7-2-3-8-18(17)15-19/h2-5,7-8,10-13,15,20H,6,9,14,16H2,1H3. The number of para-hydroxylation sites is 1. The summed E-state index contributed by atoms with van der Waals surface area (Å²) >= 11 is 0. The van der Waals surface area contributed by atoms with Gasteiger partial charge in [-0.3, -0.25) is 9.59 Å². The maximum atomic E-state index is 13.1. The highest BCUT2D eigenvalue weighted by Gasteiger charge is 2.30. The van der Waals surface area contributed by atoms with Gasteiger partial charge in [-0.15, -0.1) is 0 Å². The molecule has 3 aromatic rings. The molecule has 0 N–H and O–H groups in total. The minimum atomic E-state index is -0.173. The van der Waals surface area contributed by atoms with Crippen LogP contribution in [0.1, 0.15) is 33.6 Å². The second kappa shape index (κ2) is 7.85. The van der Waals surface area contributed by atoms with E-state index in [9.17, 15) is 9.59 Å². The summed E-state index contributed by atoms with van der Waals surface area (Å²) in [6.07, 6.45) is 1.63. The topological polar surface area (TPSA) is 46.6 Å². The van der Waals surface area contributed by atoms with E-state index in [-0.39, 0.29) is 17.6 Å². The van der Waals surface area contributed by atoms with E-state index in [4.69, 9.17) is 4.74 Å². The second-order valence-electron chi connectivity index (χ2n) is 7.22. The van der Waals surface area contributed by atoms with Crippen LogP contribution in [0, 0.1) is 5.92 Å². The molecule has 0 radical (unpaired) electrons. The van der Waals surface area contributed by atoms with Gasteiger partial charge in [0.25, 0.3) is 5.91 Å². The molecule has 0 bridgehead atoms. The molecule has 1 aliphatic rings. The lowest BCUT2D eigenvalue weighted by molar-refractivity contribution is 0.0634. The molecule has 4 rings (SSSR count). The molecule has 0 spiro atoms. The van der Waals surface area contributed by atoms with E-state index in [0.717, 1.165) is 29.2 Å². The fourth-order valence-corrected chi connectivity index (χ4v) is 3.95. The number of methoxy groups -OCH3 is 1. The van der Waals surface area contributed by atoms with Gasteiger partial charge in [-0.05, 0) is 41.8 Å². The Kier molecular flexibility index (Phi) is 5.11. The number of ketones is 1. The number of piperidine rings is 1. The highest BCUT2D eigenvalue weighted by Crippen LogP contribution is 2.26. The van der Waals surface area contributed by atoms with Crippen molar-refractivity contribution in [2.75, 3.05) is 20.2 Å². The van der Waals surface area contributed by atoms with Gasteiger partial charge in [0.2, 0.25) is 0 Å². The Bertz CT molecular complexity index is 1030. The summed E-state index contributed by atoms with van der Waals surface area (Å²) in [6, 6.07) is 21.1. The molecule has 1 saturated heterocycles. The molecule has 0 saturated carbocycles. The van der Waals surface area contributed by atoms with Crippen molar-refractivity contribution in [3.63, 3.8) is 0 Å². The van der Waals surface area contributed by atoms with Gasteiger partial charge in [-0.1, -0.05) is 48.5 Å². The summed E-state index contributed by atoms with van der Waals surface area (Å²) in [5.74, 6) is 0.431. The number of likely N-dealkylation sites (tertiary alicyclic amines) is 1. The summed E-state index contributed by atoms with van der Waals surface area (Å²) in [6.45, 7) is 1.11. The molecule has 1 fully saturated rings.